The zero-order chi connectivity index (χ0) is 18.5. The van der Waals surface area contributed by atoms with Gasteiger partial charge in [-0.25, -0.2) is 4.98 Å². The number of halogens is 1. The Bertz CT molecular complexity index is 1000. The van der Waals surface area contributed by atoms with Crippen molar-refractivity contribution in [1.29, 1.82) is 0 Å². The molecular weight excluding hydrogens is 374 g/mol. The maximum absolute atomic E-state index is 6.16. The van der Waals surface area contributed by atoms with E-state index in [1.807, 2.05) is 60.7 Å². The molecule has 0 aliphatic rings. The van der Waals surface area contributed by atoms with Crippen molar-refractivity contribution < 1.29 is 0 Å². The van der Waals surface area contributed by atoms with Crippen molar-refractivity contribution in [2.75, 3.05) is 5.43 Å². The average molecular weight is 390 g/mol. The lowest BCUT2D eigenvalue weighted by molar-refractivity contribution is 1.29. The van der Waals surface area contributed by atoms with Crippen molar-refractivity contribution in [3.63, 3.8) is 0 Å². The molecule has 1 aromatic heterocycles. The molecule has 0 radical (unpaired) electrons. The molecule has 0 aliphatic carbocycles. The van der Waals surface area contributed by atoms with Crippen molar-refractivity contribution in [1.82, 2.24) is 4.98 Å². The van der Waals surface area contributed by atoms with Crippen molar-refractivity contribution >= 4 is 34.3 Å². The largest absolute Gasteiger partial charge is 0.253 e. The summed E-state index contributed by atoms with van der Waals surface area (Å²) in [5.74, 6) is 0. The van der Waals surface area contributed by atoms with Crippen molar-refractivity contribution in [3.05, 3.63) is 95.5 Å². The van der Waals surface area contributed by atoms with Crippen LogP contribution in [0.2, 0.25) is 5.02 Å². The molecule has 1 N–H and O–H groups in total. The zero-order valence-corrected chi connectivity index (χ0v) is 15.9. The summed E-state index contributed by atoms with van der Waals surface area (Å²) in [6.07, 6.45) is 1.70. The molecule has 0 saturated carbocycles. The van der Waals surface area contributed by atoms with E-state index in [1.54, 1.807) is 17.6 Å². The summed E-state index contributed by atoms with van der Waals surface area (Å²) in [6.45, 7) is 0. The first kappa shape index (κ1) is 17.5. The second-order valence-corrected chi connectivity index (χ2v) is 7.23. The van der Waals surface area contributed by atoms with Crippen LogP contribution in [0, 0.1) is 0 Å². The van der Waals surface area contributed by atoms with Gasteiger partial charge in [0, 0.05) is 16.1 Å². The minimum absolute atomic E-state index is 0.664. The first-order valence-corrected chi connectivity index (χ1v) is 9.66. The number of benzene rings is 3. The van der Waals surface area contributed by atoms with Crippen LogP contribution >= 0.6 is 22.9 Å². The molecule has 0 spiro atoms. The Labute approximate surface area is 167 Å². The van der Waals surface area contributed by atoms with E-state index in [0.29, 0.717) is 5.02 Å². The topological polar surface area (TPSA) is 37.3 Å². The fourth-order valence-corrected chi connectivity index (χ4v) is 3.81. The van der Waals surface area contributed by atoms with Crippen LogP contribution < -0.4 is 5.43 Å². The van der Waals surface area contributed by atoms with Crippen molar-refractivity contribution in [2.45, 2.75) is 0 Å². The van der Waals surface area contributed by atoms with Gasteiger partial charge in [0.2, 0.25) is 5.13 Å². The Morgan fingerprint density at radius 3 is 2.15 bits per heavy atom. The van der Waals surface area contributed by atoms with Gasteiger partial charge in [-0.05, 0) is 11.6 Å². The average Bonchev–Trinajstić information content (AvgIpc) is 3.15. The summed E-state index contributed by atoms with van der Waals surface area (Å²) in [7, 11) is 0. The van der Waals surface area contributed by atoms with Gasteiger partial charge >= 0.3 is 0 Å². The van der Waals surface area contributed by atoms with Gasteiger partial charge in [-0.1, -0.05) is 102 Å². The van der Waals surface area contributed by atoms with E-state index in [2.05, 4.69) is 34.8 Å². The highest BCUT2D eigenvalue weighted by atomic mass is 35.5. The molecule has 4 aromatic rings. The Hall–Kier alpha value is -2.95. The first-order valence-electron chi connectivity index (χ1n) is 8.46. The Kier molecular flexibility index (Phi) is 5.28. The fraction of sp³-hybridized carbons (Fsp3) is 0. The SMILES string of the molecule is Clc1ccccc1/C=N/Nc1nc(-c2ccccc2)c(-c2ccccc2)s1. The number of hydrogen-bond donors (Lipinski definition) is 1. The van der Waals surface area contributed by atoms with Gasteiger partial charge in [0.25, 0.3) is 0 Å². The Morgan fingerprint density at radius 2 is 1.44 bits per heavy atom. The number of rotatable bonds is 5. The van der Waals surface area contributed by atoms with Crippen LogP contribution in [0.3, 0.4) is 0 Å². The summed E-state index contributed by atoms with van der Waals surface area (Å²) in [6, 6.07) is 28.0. The van der Waals surface area contributed by atoms with Gasteiger partial charge in [0.1, 0.15) is 0 Å². The van der Waals surface area contributed by atoms with Crippen LogP contribution in [-0.4, -0.2) is 11.2 Å². The highest BCUT2D eigenvalue weighted by Crippen LogP contribution is 2.38. The maximum atomic E-state index is 6.16. The lowest BCUT2D eigenvalue weighted by Crippen LogP contribution is -1.90. The third-order valence-corrected chi connectivity index (χ3v) is 5.33. The lowest BCUT2D eigenvalue weighted by atomic mass is 10.1. The van der Waals surface area contributed by atoms with E-state index in [-0.39, 0.29) is 0 Å². The molecule has 27 heavy (non-hydrogen) atoms. The van der Waals surface area contributed by atoms with Crippen LogP contribution in [-0.2, 0) is 0 Å². The van der Waals surface area contributed by atoms with Gasteiger partial charge < -0.3 is 0 Å². The summed E-state index contributed by atoms with van der Waals surface area (Å²) >= 11 is 7.74. The van der Waals surface area contributed by atoms with Crippen LogP contribution in [0.25, 0.3) is 21.7 Å². The van der Waals surface area contributed by atoms with Crippen LogP contribution in [0.15, 0.2) is 90.0 Å². The monoisotopic (exact) mass is 389 g/mol. The third-order valence-electron chi connectivity index (χ3n) is 3.98. The number of thiazole rings is 1. The second kappa shape index (κ2) is 8.16. The van der Waals surface area contributed by atoms with Gasteiger partial charge in [0.05, 0.1) is 16.8 Å². The van der Waals surface area contributed by atoms with Crippen molar-refractivity contribution in [3.8, 4) is 21.7 Å². The van der Waals surface area contributed by atoms with E-state index >= 15 is 0 Å². The van der Waals surface area contributed by atoms with Crippen LogP contribution in [0.5, 0.6) is 0 Å². The zero-order valence-electron chi connectivity index (χ0n) is 14.3. The molecule has 132 valence electrons. The molecule has 1 heterocycles. The fourth-order valence-electron chi connectivity index (χ4n) is 2.68. The Balaban J connectivity index is 1.66. The van der Waals surface area contributed by atoms with Gasteiger partial charge in [-0.2, -0.15) is 5.10 Å². The molecule has 0 amide bonds. The summed E-state index contributed by atoms with van der Waals surface area (Å²) in [5, 5.41) is 5.70. The predicted octanol–water partition coefficient (Wildman–Crippen LogP) is 6.58. The number of anilines is 1. The lowest BCUT2D eigenvalue weighted by Gasteiger charge is -2.02. The highest BCUT2D eigenvalue weighted by Gasteiger charge is 2.14. The smallest absolute Gasteiger partial charge is 0.204 e. The minimum atomic E-state index is 0.664. The van der Waals surface area contributed by atoms with Crippen LogP contribution in [0.1, 0.15) is 5.56 Å². The van der Waals surface area contributed by atoms with Crippen molar-refractivity contribution in [2.24, 2.45) is 5.10 Å². The van der Waals surface area contributed by atoms with Gasteiger partial charge in [-0.15, -0.1) is 0 Å². The second-order valence-electron chi connectivity index (χ2n) is 5.82. The van der Waals surface area contributed by atoms with Gasteiger partial charge in [0.15, 0.2) is 0 Å². The molecule has 0 unspecified atom stereocenters. The molecule has 0 saturated heterocycles. The molecule has 0 bridgehead atoms. The highest BCUT2D eigenvalue weighted by molar-refractivity contribution is 7.19. The number of nitrogens with one attached hydrogen (secondary N) is 1. The summed E-state index contributed by atoms with van der Waals surface area (Å²) in [5.41, 5.74) is 7.06. The molecule has 3 aromatic carbocycles. The first-order chi connectivity index (χ1) is 13.3. The standard InChI is InChI=1S/C22H16ClN3S/c23-19-14-8-7-13-18(19)15-24-26-22-25-20(16-9-3-1-4-10-16)21(27-22)17-11-5-2-6-12-17/h1-15H,(H,25,26)/b24-15+. The molecular formula is C22H16ClN3S. The van der Waals surface area contributed by atoms with E-state index < -0.39 is 0 Å². The molecule has 5 heteroatoms. The molecule has 0 aliphatic heterocycles. The van der Waals surface area contributed by atoms with Crippen LogP contribution in [0.4, 0.5) is 5.13 Å². The molecule has 0 fully saturated rings. The Morgan fingerprint density at radius 1 is 0.815 bits per heavy atom. The normalized spacial score (nSPS) is 11.0. The van der Waals surface area contributed by atoms with E-state index in [9.17, 15) is 0 Å². The van der Waals surface area contributed by atoms with Gasteiger partial charge in [-0.3, -0.25) is 5.43 Å². The number of nitrogens with zero attached hydrogens (tertiary/aromatic N) is 2. The number of hydrogen-bond acceptors (Lipinski definition) is 4. The van der Waals surface area contributed by atoms with E-state index in [1.165, 1.54) is 0 Å². The van der Waals surface area contributed by atoms with E-state index in [4.69, 9.17) is 16.6 Å². The molecule has 4 rings (SSSR count). The number of hydrazone groups is 1. The molecule has 0 atom stereocenters. The molecule has 3 nitrogen and oxygen atoms in total. The third kappa shape index (κ3) is 4.08. The minimum Gasteiger partial charge on any atom is -0.253 e. The summed E-state index contributed by atoms with van der Waals surface area (Å²) in [4.78, 5) is 5.88. The summed E-state index contributed by atoms with van der Waals surface area (Å²) < 4.78 is 0. The number of aromatic nitrogens is 1. The quantitative estimate of drug-likeness (QED) is 0.309. The van der Waals surface area contributed by atoms with E-state index in [0.717, 1.165) is 32.4 Å². The predicted molar refractivity (Wildman–Crippen MR) is 116 cm³/mol. The maximum Gasteiger partial charge on any atom is 0.204 e.